The van der Waals surface area contributed by atoms with Crippen LogP contribution in [0.25, 0.3) is 0 Å². The van der Waals surface area contributed by atoms with E-state index in [-0.39, 0.29) is 12.5 Å². The van der Waals surface area contributed by atoms with Gasteiger partial charge in [-0.3, -0.25) is 4.79 Å². The normalized spacial score (nSPS) is 11.8. The van der Waals surface area contributed by atoms with Crippen LogP contribution >= 0.6 is 0 Å². The maximum absolute atomic E-state index is 12.1. The maximum atomic E-state index is 12.1. The van der Waals surface area contributed by atoms with E-state index in [9.17, 15) is 14.7 Å². The number of rotatable bonds is 7. The summed E-state index contributed by atoms with van der Waals surface area (Å²) in [6.45, 7) is 3.61. The van der Waals surface area contributed by atoms with Crippen molar-refractivity contribution < 1.29 is 19.4 Å². The number of carbonyl (C=O) groups excluding carboxylic acids is 2. The lowest BCUT2D eigenvalue weighted by atomic mass is 10.0. The Bertz CT molecular complexity index is 459. The zero-order valence-corrected chi connectivity index (χ0v) is 11.9. The van der Waals surface area contributed by atoms with Gasteiger partial charge in [0.25, 0.3) is 5.91 Å². The van der Waals surface area contributed by atoms with Crippen molar-refractivity contribution in [3.05, 3.63) is 35.4 Å². The summed E-state index contributed by atoms with van der Waals surface area (Å²) in [4.78, 5) is 23.8. The van der Waals surface area contributed by atoms with Gasteiger partial charge in [0.05, 0.1) is 13.2 Å². The average Bonchev–Trinajstić information content (AvgIpc) is 2.49. The first kappa shape index (κ1) is 16.2. The minimum atomic E-state index is -1.03. The minimum Gasteiger partial charge on any atom is -0.464 e. The number of nitrogens with one attached hydrogen (secondary N) is 1. The fourth-order valence-electron chi connectivity index (χ4n) is 1.77. The van der Waals surface area contributed by atoms with Gasteiger partial charge < -0.3 is 15.2 Å². The molecule has 5 heteroatoms. The third kappa shape index (κ3) is 4.35. The van der Waals surface area contributed by atoms with Gasteiger partial charge in [-0.15, -0.1) is 0 Å². The van der Waals surface area contributed by atoms with Crippen LogP contribution in [0.3, 0.4) is 0 Å². The van der Waals surface area contributed by atoms with Crippen molar-refractivity contribution in [2.24, 2.45) is 0 Å². The predicted octanol–water partition coefficient (Wildman–Crippen LogP) is 1.29. The van der Waals surface area contributed by atoms with Gasteiger partial charge in [-0.2, -0.15) is 0 Å². The summed E-state index contributed by atoms with van der Waals surface area (Å²) >= 11 is 0. The second-order valence-corrected chi connectivity index (χ2v) is 4.39. The summed E-state index contributed by atoms with van der Waals surface area (Å²) in [5, 5.41) is 11.7. The van der Waals surface area contributed by atoms with Gasteiger partial charge in [0.2, 0.25) is 0 Å². The minimum absolute atomic E-state index is 0.275. The van der Waals surface area contributed by atoms with Crippen molar-refractivity contribution in [3.63, 3.8) is 0 Å². The van der Waals surface area contributed by atoms with Gasteiger partial charge in [-0.25, -0.2) is 4.79 Å². The average molecular weight is 279 g/mol. The van der Waals surface area contributed by atoms with Gasteiger partial charge in [0, 0.05) is 5.56 Å². The highest BCUT2D eigenvalue weighted by molar-refractivity contribution is 5.98. The van der Waals surface area contributed by atoms with E-state index in [0.717, 1.165) is 5.56 Å². The summed E-state index contributed by atoms with van der Waals surface area (Å²) in [6, 6.07) is 6.14. The number of esters is 1. The molecule has 0 aliphatic rings. The van der Waals surface area contributed by atoms with E-state index in [1.165, 1.54) is 0 Å². The van der Waals surface area contributed by atoms with Crippen LogP contribution in [0.2, 0.25) is 0 Å². The van der Waals surface area contributed by atoms with Gasteiger partial charge in [-0.1, -0.05) is 32.0 Å². The number of hydrogen-bond donors (Lipinski definition) is 2. The molecule has 1 atom stereocenters. The molecule has 0 unspecified atom stereocenters. The van der Waals surface area contributed by atoms with Crippen molar-refractivity contribution in [1.82, 2.24) is 5.32 Å². The number of aliphatic hydroxyl groups is 1. The molecule has 0 bridgehead atoms. The molecule has 0 aliphatic carbocycles. The molecular formula is C15H21NO4. The molecule has 1 aromatic rings. The summed E-state index contributed by atoms with van der Waals surface area (Å²) in [6.07, 6.45) is 1.41. The zero-order valence-electron chi connectivity index (χ0n) is 11.9. The lowest BCUT2D eigenvalue weighted by Crippen LogP contribution is -2.44. The van der Waals surface area contributed by atoms with Crippen LogP contribution in [0.5, 0.6) is 0 Å². The third-order valence-electron chi connectivity index (χ3n) is 2.86. The Morgan fingerprint density at radius 2 is 2.00 bits per heavy atom. The second-order valence-electron chi connectivity index (χ2n) is 4.39. The highest BCUT2D eigenvalue weighted by Crippen LogP contribution is 2.09. The fraction of sp³-hybridized carbons (Fsp3) is 0.467. The first-order chi connectivity index (χ1) is 9.63. The monoisotopic (exact) mass is 279 g/mol. The molecule has 5 nitrogen and oxygen atoms in total. The van der Waals surface area contributed by atoms with Gasteiger partial charge in [0.15, 0.2) is 6.04 Å². The smallest absolute Gasteiger partial charge is 0.331 e. The number of benzene rings is 1. The van der Waals surface area contributed by atoms with Crippen LogP contribution in [0, 0.1) is 0 Å². The molecular weight excluding hydrogens is 258 g/mol. The van der Waals surface area contributed by atoms with Crippen LogP contribution < -0.4 is 5.32 Å². The summed E-state index contributed by atoms with van der Waals surface area (Å²) in [5.74, 6) is -0.994. The Morgan fingerprint density at radius 1 is 1.30 bits per heavy atom. The van der Waals surface area contributed by atoms with E-state index in [1.54, 1.807) is 12.1 Å². The van der Waals surface area contributed by atoms with Crippen molar-refractivity contribution in [2.75, 3.05) is 13.2 Å². The third-order valence-corrected chi connectivity index (χ3v) is 2.86. The number of aliphatic hydroxyl groups excluding tert-OH is 1. The Labute approximate surface area is 118 Å². The number of hydrogen-bond acceptors (Lipinski definition) is 4. The van der Waals surface area contributed by atoms with Crippen molar-refractivity contribution >= 4 is 11.9 Å². The molecule has 0 spiro atoms. The molecule has 1 amide bonds. The maximum Gasteiger partial charge on any atom is 0.331 e. The number of amides is 1. The molecule has 0 saturated carbocycles. The largest absolute Gasteiger partial charge is 0.464 e. The van der Waals surface area contributed by atoms with E-state index >= 15 is 0 Å². The molecule has 0 heterocycles. The lowest BCUT2D eigenvalue weighted by molar-refractivity contribution is -0.146. The molecule has 0 saturated heterocycles. The first-order valence-electron chi connectivity index (χ1n) is 6.80. The Morgan fingerprint density at radius 3 is 2.60 bits per heavy atom. The zero-order chi connectivity index (χ0) is 15.0. The van der Waals surface area contributed by atoms with Crippen LogP contribution in [-0.2, 0) is 16.0 Å². The second kappa shape index (κ2) is 8.32. The van der Waals surface area contributed by atoms with Gasteiger partial charge in [0.1, 0.15) is 0 Å². The summed E-state index contributed by atoms with van der Waals surface area (Å²) < 4.78 is 4.92. The fourth-order valence-corrected chi connectivity index (χ4v) is 1.77. The highest BCUT2D eigenvalue weighted by Gasteiger charge is 2.22. The molecule has 20 heavy (non-hydrogen) atoms. The molecule has 110 valence electrons. The lowest BCUT2D eigenvalue weighted by Gasteiger charge is -2.16. The van der Waals surface area contributed by atoms with Crippen LogP contribution in [0.4, 0.5) is 0 Å². The Kier molecular flexibility index (Phi) is 6.73. The first-order valence-corrected chi connectivity index (χ1v) is 6.80. The van der Waals surface area contributed by atoms with Crippen LogP contribution in [-0.4, -0.2) is 36.2 Å². The van der Waals surface area contributed by atoms with E-state index in [0.29, 0.717) is 18.4 Å². The summed E-state index contributed by atoms with van der Waals surface area (Å²) in [7, 11) is 0. The number of aryl methyl sites for hydroxylation is 1. The van der Waals surface area contributed by atoms with E-state index < -0.39 is 18.6 Å². The quantitative estimate of drug-likeness (QED) is 0.738. The van der Waals surface area contributed by atoms with E-state index in [1.807, 2.05) is 26.0 Å². The van der Waals surface area contributed by atoms with E-state index in [2.05, 4.69) is 5.32 Å². The van der Waals surface area contributed by atoms with Gasteiger partial charge in [-0.05, 0) is 24.5 Å². The predicted molar refractivity (Wildman–Crippen MR) is 75.4 cm³/mol. The molecule has 0 aromatic heterocycles. The van der Waals surface area contributed by atoms with Crippen LogP contribution in [0.1, 0.15) is 36.2 Å². The van der Waals surface area contributed by atoms with Crippen molar-refractivity contribution in [2.45, 2.75) is 32.7 Å². The Balaban J connectivity index is 2.74. The Hall–Kier alpha value is -1.88. The van der Waals surface area contributed by atoms with Crippen LogP contribution in [0.15, 0.2) is 24.3 Å². The standard InChI is InChI=1S/C15H21NO4/c1-3-9-20-15(19)13(10-17)16-14(18)12-8-6-5-7-11(12)4-2/h5-8,13,17H,3-4,9-10H2,1-2H3,(H,16,18)/t13-/m0/s1. The van der Waals surface area contributed by atoms with Crippen molar-refractivity contribution in [1.29, 1.82) is 0 Å². The molecule has 0 fully saturated rings. The molecule has 0 aliphatic heterocycles. The van der Waals surface area contributed by atoms with Gasteiger partial charge >= 0.3 is 5.97 Å². The summed E-state index contributed by atoms with van der Waals surface area (Å²) in [5.41, 5.74) is 1.40. The number of ether oxygens (including phenoxy) is 1. The molecule has 2 N–H and O–H groups in total. The van der Waals surface area contributed by atoms with Crippen molar-refractivity contribution in [3.8, 4) is 0 Å². The molecule has 1 rings (SSSR count). The van der Waals surface area contributed by atoms with E-state index in [4.69, 9.17) is 4.74 Å². The molecule has 0 radical (unpaired) electrons. The molecule has 1 aromatic carbocycles. The highest BCUT2D eigenvalue weighted by atomic mass is 16.5. The number of carbonyl (C=O) groups is 2. The SMILES string of the molecule is CCCOC(=O)[C@H](CO)NC(=O)c1ccccc1CC. The topological polar surface area (TPSA) is 75.6 Å².